The first-order valence-electron chi connectivity index (χ1n) is 8.25. The van der Waals surface area contributed by atoms with Gasteiger partial charge in [-0.1, -0.05) is 5.57 Å². The minimum absolute atomic E-state index is 0.208. The summed E-state index contributed by atoms with van der Waals surface area (Å²) in [6.45, 7) is 3.08. The van der Waals surface area contributed by atoms with E-state index in [0.29, 0.717) is 24.5 Å². The number of nitrogens with zero attached hydrogens (tertiary/aromatic N) is 3. The number of allylic oxidation sites excluding steroid dienone is 1. The van der Waals surface area contributed by atoms with Crippen LogP contribution in [0.1, 0.15) is 19.8 Å². The standard InChI is InChI=1S/C18H20FN3O3/c1-12(9-20)13-4-6-21(7-5-13)17-3-2-14(8-16(17)19)22-10-15(11-23)25-18(22)24/h2-3,8,15,23H,4-7,10-11H2,1H3/t15-/m1/s1. The molecule has 132 valence electrons. The third kappa shape index (κ3) is 3.44. The van der Waals surface area contributed by atoms with Crippen LogP contribution in [0.3, 0.4) is 0 Å². The van der Waals surface area contributed by atoms with E-state index in [9.17, 15) is 9.18 Å². The summed E-state index contributed by atoms with van der Waals surface area (Å²) in [5.74, 6) is -0.401. The molecule has 0 spiro atoms. The van der Waals surface area contributed by atoms with Gasteiger partial charge in [0.1, 0.15) is 11.9 Å². The van der Waals surface area contributed by atoms with E-state index in [4.69, 9.17) is 15.1 Å². The van der Waals surface area contributed by atoms with Crippen LogP contribution in [0.2, 0.25) is 0 Å². The average Bonchev–Trinajstić information content (AvgIpc) is 3.02. The highest BCUT2D eigenvalue weighted by atomic mass is 19.1. The van der Waals surface area contributed by atoms with Crippen molar-refractivity contribution in [3.8, 4) is 6.07 Å². The Kier molecular flexibility index (Phi) is 4.91. The van der Waals surface area contributed by atoms with Crippen LogP contribution in [0.5, 0.6) is 0 Å². The molecular formula is C18H20FN3O3. The number of aliphatic hydroxyl groups excluding tert-OH is 1. The van der Waals surface area contributed by atoms with Crippen LogP contribution in [0.4, 0.5) is 20.6 Å². The van der Waals surface area contributed by atoms with Gasteiger partial charge in [-0.15, -0.1) is 0 Å². The Balaban J connectivity index is 1.73. The summed E-state index contributed by atoms with van der Waals surface area (Å²) in [6.07, 6.45) is 0.339. The molecule has 0 bridgehead atoms. The van der Waals surface area contributed by atoms with Crippen molar-refractivity contribution in [3.63, 3.8) is 0 Å². The summed E-state index contributed by atoms with van der Waals surface area (Å²) in [5, 5.41) is 18.1. The molecular weight excluding hydrogens is 325 g/mol. The van der Waals surface area contributed by atoms with E-state index >= 15 is 0 Å². The zero-order valence-electron chi connectivity index (χ0n) is 14.0. The highest BCUT2D eigenvalue weighted by Gasteiger charge is 2.32. The SMILES string of the molecule is CC(C#N)=C1CCN(c2ccc(N3C[C@H](CO)OC3=O)cc2F)CC1. The fourth-order valence-electron chi connectivity index (χ4n) is 3.22. The molecule has 25 heavy (non-hydrogen) atoms. The Morgan fingerprint density at radius 3 is 2.72 bits per heavy atom. The molecule has 0 aliphatic carbocycles. The molecule has 1 aromatic rings. The quantitative estimate of drug-likeness (QED) is 0.852. The lowest BCUT2D eigenvalue weighted by atomic mass is 9.99. The lowest BCUT2D eigenvalue weighted by Gasteiger charge is -2.31. The number of hydrogen-bond donors (Lipinski definition) is 1. The van der Waals surface area contributed by atoms with E-state index in [-0.39, 0.29) is 13.2 Å². The molecule has 2 fully saturated rings. The molecule has 1 amide bonds. The average molecular weight is 345 g/mol. The fourth-order valence-corrected chi connectivity index (χ4v) is 3.22. The highest BCUT2D eigenvalue weighted by molar-refractivity contribution is 5.90. The molecule has 0 aromatic heterocycles. The van der Waals surface area contributed by atoms with Gasteiger partial charge in [-0.25, -0.2) is 9.18 Å². The van der Waals surface area contributed by atoms with E-state index in [2.05, 4.69) is 6.07 Å². The monoisotopic (exact) mass is 345 g/mol. The van der Waals surface area contributed by atoms with Gasteiger partial charge in [0.2, 0.25) is 0 Å². The van der Waals surface area contributed by atoms with Crippen molar-refractivity contribution in [3.05, 3.63) is 35.2 Å². The lowest BCUT2D eigenvalue weighted by Crippen LogP contribution is -2.32. The lowest BCUT2D eigenvalue weighted by molar-refractivity contribution is 0.0963. The third-order valence-electron chi connectivity index (χ3n) is 4.73. The van der Waals surface area contributed by atoms with Crippen LogP contribution in [-0.4, -0.2) is 43.5 Å². The van der Waals surface area contributed by atoms with Gasteiger partial charge in [0.05, 0.1) is 30.6 Å². The predicted molar refractivity (Wildman–Crippen MR) is 90.9 cm³/mol. The Bertz CT molecular complexity index is 746. The van der Waals surface area contributed by atoms with Crippen LogP contribution in [0.15, 0.2) is 29.3 Å². The van der Waals surface area contributed by atoms with Gasteiger partial charge >= 0.3 is 6.09 Å². The highest BCUT2D eigenvalue weighted by Crippen LogP contribution is 2.30. The van der Waals surface area contributed by atoms with Crippen LogP contribution < -0.4 is 9.80 Å². The van der Waals surface area contributed by atoms with Crippen molar-refractivity contribution < 1.29 is 19.0 Å². The molecule has 0 unspecified atom stereocenters. The van der Waals surface area contributed by atoms with Crippen LogP contribution in [0.25, 0.3) is 0 Å². The number of amides is 1. The van der Waals surface area contributed by atoms with Crippen molar-refractivity contribution in [2.24, 2.45) is 0 Å². The molecule has 2 aliphatic rings. The van der Waals surface area contributed by atoms with E-state index in [0.717, 1.165) is 24.0 Å². The summed E-state index contributed by atoms with van der Waals surface area (Å²) in [6, 6.07) is 6.84. The minimum Gasteiger partial charge on any atom is -0.441 e. The van der Waals surface area contributed by atoms with Gasteiger partial charge in [-0.05, 0) is 38.0 Å². The molecule has 7 heteroatoms. The van der Waals surface area contributed by atoms with Crippen molar-refractivity contribution in [2.75, 3.05) is 36.0 Å². The molecule has 1 aromatic carbocycles. The number of rotatable bonds is 3. The third-order valence-corrected chi connectivity index (χ3v) is 4.73. The molecule has 0 radical (unpaired) electrons. The molecule has 2 aliphatic heterocycles. The zero-order valence-corrected chi connectivity index (χ0v) is 14.0. The topological polar surface area (TPSA) is 76.8 Å². The number of carbonyl (C=O) groups excluding carboxylic acids is 1. The van der Waals surface area contributed by atoms with Gasteiger partial charge in [-0.2, -0.15) is 5.26 Å². The number of piperidine rings is 1. The number of carbonyl (C=O) groups is 1. The predicted octanol–water partition coefficient (Wildman–Crippen LogP) is 2.58. The van der Waals surface area contributed by atoms with Crippen molar-refractivity contribution >= 4 is 17.5 Å². The number of hydrogen-bond acceptors (Lipinski definition) is 5. The number of nitriles is 1. The second kappa shape index (κ2) is 7.11. The molecule has 3 rings (SSSR count). The van der Waals surface area contributed by atoms with Gasteiger partial charge in [0, 0.05) is 18.7 Å². The van der Waals surface area contributed by atoms with Gasteiger partial charge in [-0.3, -0.25) is 4.90 Å². The Morgan fingerprint density at radius 2 is 2.16 bits per heavy atom. The molecule has 1 N–H and O–H groups in total. The summed E-state index contributed by atoms with van der Waals surface area (Å²) < 4.78 is 19.6. The first kappa shape index (κ1) is 17.2. The second-order valence-corrected chi connectivity index (χ2v) is 6.26. The van der Waals surface area contributed by atoms with E-state index in [1.807, 2.05) is 11.8 Å². The Labute approximate surface area is 145 Å². The summed E-state index contributed by atoms with van der Waals surface area (Å²) in [5.41, 5.74) is 2.79. The first-order valence-corrected chi connectivity index (χ1v) is 8.25. The molecule has 2 heterocycles. The van der Waals surface area contributed by atoms with Crippen LogP contribution in [0, 0.1) is 17.1 Å². The van der Waals surface area contributed by atoms with Gasteiger partial charge in [0.25, 0.3) is 0 Å². The molecule has 0 saturated carbocycles. The van der Waals surface area contributed by atoms with Gasteiger partial charge in [0.15, 0.2) is 0 Å². The van der Waals surface area contributed by atoms with Crippen molar-refractivity contribution in [2.45, 2.75) is 25.9 Å². The van der Waals surface area contributed by atoms with Gasteiger partial charge < -0.3 is 14.7 Å². The van der Waals surface area contributed by atoms with Crippen LogP contribution in [-0.2, 0) is 4.74 Å². The maximum atomic E-state index is 14.6. The summed E-state index contributed by atoms with van der Waals surface area (Å²) >= 11 is 0. The number of anilines is 2. The second-order valence-electron chi connectivity index (χ2n) is 6.26. The minimum atomic E-state index is -0.578. The summed E-state index contributed by atoms with van der Waals surface area (Å²) in [7, 11) is 0. The maximum Gasteiger partial charge on any atom is 0.414 e. The number of benzene rings is 1. The Morgan fingerprint density at radius 1 is 1.44 bits per heavy atom. The van der Waals surface area contributed by atoms with E-state index < -0.39 is 18.0 Å². The van der Waals surface area contributed by atoms with Crippen molar-refractivity contribution in [1.82, 2.24) is 0 Å². The van der Waals surface area contributed by atoms with E-state index in [1.165, 1.54) is 11.0 Å². The molecule has 2 saturated heterocycles. The largest absolute Gasteiger partial charge is 0.441 e. The zero-order chi connectivity index (χ0) is 18.0. The number of aliphatic hydroxyl groups is 1. The molecule has 1 atom stereocenters. The number of ether oxygens (including phenoxy) is 1. The van der Waals surface area contributed by atoms with Crippen molar-refractivity contribution in [1.29, 1.82) is 5.26 Å². The maximum absolute atomic E-state index is 14.6. The fraction of sp³-hybridized carbons (Fsp3) is 0.444. The van der Waals surface area contributed by atoms with E-state index in [1.54, 1.807) is 12.1 Å². The first-order chi connectivity index (χ1) is 12.0. The summed E-state index contributed by atoms with van der Waals surface area (Å²) in [4.78, 5) is 15.1. The normalized spacial score (nSPS) is 20.5. The smallest absolute Gasteiger partial charge is 0.414 e. The Hall–Kier alpha value is -2.59. The number of halogens is 1. The van der Waals surface area contributed by atoms with Crippen LogP contribution >= 0.6 is 0 Å². The molecule has 6 nitrogen and oxygen atoms in total. The number of cyclic esters (lactones) is 1.